The molecule has 5 nitrogen and oxygen atoms in total. The Morgan fingerprint density at radius 3 is 2.58 bits per heavy atom. The summed E-state index contributed by atoms with van der Waals surface area (Å²) in [5.41, 5.74) is 0. The first kappa shape index (κ1) is 19.7. The molecule has 1 unspecified atom stereocenters. The third kappa shape index (κ3) is 4.60. The summed E-state index contributed by atoms with van der Waals surface area (Å²) in [4.78, 5) is 2.17. The summed E-state index contributed by atoms with van der Waals surface area (Å²) in [5.74, 6) is -2.17. The van der Waals surface area contributed by atoms with Crippen LogP contribution in [0.25, 0.3) is 0 Å². The van der Waals surface area contributed by atoms with Gasteiger partial charge in [0.05, 0.1) is 4.90 Å². The van der Waals surface area contributed by atoms with Crippen LogP contribution in [-0.4, -0.2) is 62.9 Å². The molecule has 0 aliphatic carbocycles. The molecule has 1 N–H and O–H groups in total. The summed E-state index contributed by atoms with van der Waals surface area (Å²) in [5, 5.41) is 3.24. The van der Waals surface area contributed by atoms with Crippen LogP contribution in [0.5, 0.6) is 0 Å². The fraction of sp³-hybridized carbons (Fsp3) is 0.667. The Bertz CT molecular complexity index is 702. The summed E-state index contributed by atoms with van der Waals surface area (Å²) < 4.78 is 54.5. The van der Waals surface area contributed by atoms with Crippen LogP contribution < -0.4 is 5.32 Å². The first-order valence-corrected chi connectivity index (χ1v) is 10.8. The molecule has 2 fully saturated rings. The lowest BCUT2D eigenvalue weighted by Gasteiger charge is -2.34. The summed E-state index contributed by atoms with van der Waals surface area (Å²) in [6.45, 7) is 4.87. The molecule has 2 aliphatic rings. The van der Waals surface area contributed by atoms with Crippen LogP contribution in [0.3, 0.4) is 0 Å². The van der Waals surface area contributed by atoms with Gasteiger partial charge in [-0.15, -0.1) is 0 Å². The SMILES string of the molecule is O=S(=O)(c1ccc(F)c(F)c1)N(CCCN1CCCC1)C1CCCNC1. The monoisotopic (exact) mass is 387 g/mol. The molecular weight excluding hydrogens is 360 g/mol. The minimum atomic E-state index is -3.87. The Balaban J connectivity index is 1.76. The highest BCUT2D eigenvalue weighted by molar-refractivity contribution is 7.89. The van der Waals surface area contributed by atoms with Crippen LogP contribution in [0.1, 0.15) is 32.1 Å². The van der Waals surface area contributed by atoms with E-state index in [1.54, 1.807) is 0 Å². The highest BCUT2D eigenvalue weighted by atomic mass is 32.2. The van der Waals surface area contributed by atoms with Gasteiger partial charge in [-0.3, -0.25) is 0 Å². The lowest BCUT2D eigenvalue weighted by molar-refractivity contribution is 0.246. The second kappa shape index (κ2) is 8.73. The van der Waals surface area contributed by atoms with Crippen LogP contribution in [0.4, 0.5) is 8.78 Å². The predicted octanol–water partition coefficient (Wildman–Crippen LogP) is 2.19. The molecule has 0 saturated carbocycles. The normalized spacial score (nSPS) is 22.2. The quantitative estimate of drug-likeness (QED) is 0.779. The van der Waals surface area contributed by atoms with Crippen LogP contribution in [0.2, 0.25) is 0 Å². The summed E-state index contributed by atoms with van der Waals surface area (Å²) >= 11 is 0. The van der Waals surface area contributed by atoms with E-state index in [1.807, 2.05) is 0 Å². The molecule has 0 spiro atoms. The maximum atomic E-state index is 13.6. The van der Waals surface area contributed by atoms with Crippen molar-refractivity contribution in [2.45, 2.75) is 43.0 Å². The number of hydrogen-bond donors (Lipinski definition) is 1. The van der Waals surface area contributed by atoms with Crippen molar-refractivity contribution in [2.24, 2.45) is 0 Å². The van der Waals surface area contributed by atoms with E-state index in [9.17, 15) is 17.2 Å². The number of likely N-dealkylation sites (tertiary alicyclic amines) is 1. The molecule has 1 atom stereocenters. The largest absolute Gasteiger partial charge is 0.315 e. The minimum absolute atomic E-state index is 0.152. The van der Waals surface area contributed by atoms with Crippen molar-refractivity contribution < 1.29 is 17.2 Å². The molecule has 3 rings (SSSR count). The molecule has 2 saturated heterocycles. The van der Waals surface area contributed by atoms with Crippen molar-refractivity contribution in [3.8, 4) is 0 Å². The maximum Gasteiger partial charge on any atom is 0.243 e. The number of hydrogen-bond acceptors (Lipinski definition) is 4. The molecule has 2 heterocycles. The molecule has 8 heteroatoms. The molecule has 0 radical (unpaired) electrons. The van der Waals surface area contributed by atoms with Crippen molar-refractivity contribution in [1.29, 1.82) is 0 Å². The number of nitrogens with zero attached hydrogens (tertiary/aromatic N) is 2. The van der Waals surface area contributed by atoms with Gasteiger partial charge in [0.15, 0.2) is 11.6 Å². The number of nitrogens with one attached hydrogen (secondary N) is 1. The predicted molar refractivity (Wildman–Crippen MR) is 96.4 cm³/mol. The maximum absolute atomic E-state index is 13.6. The van der Waals surface area contributed by atoms with E-state index in [0.29, 0.717) is 13.1 Å². The number of piperidine rings is 1. The van der Waals surface area contributed by atoms with Crippen molar-refractivity contribution in [3.05, 3.63) is 29.8 Å². The highest BCUT2D eigenvalue weighted by Gasteiger charge is 2.32. The van der Waals surface area contributed by atoms with E-state index in [2.05, 4.69) is 10.2 Å². The lowest BCUT2D eigenvalue weighted by Crippen LogP contribution is -2.49. The van der Waals surface area contributed by atoms with E-state index < -0.39 is 21.7 Å². The van der Waals surface area contributed by atoms with Crippen LogP contribution in [0, 0.1) is 11.6 Å². The molecule has 1 aromatic carbocycles. The molecular formula is C18H27F2N3O2S. The summed E-state index contributed by atoms with van der Waals surface area (Å²) in [6.07, 6.45) is 4.81. The van der Waals surface area contributed by atoms with Gasteiger partial charge >= 0.3 is 0 Å². The lowest BCUT2D eigenvalue weighted by atomic mass is 10.1. The molecule has 2 aliphatic heterocycles. The van der Waals surface area contributed by atoms with Crippen LogP contribution in [0.15, 0.2) is 23.1 Å². The van der Waals surface area contributed by atoms with Crippen molar-refractivity contribution in [2.75, 3.05) is 39.3 Å². The zero-order valence-electron chi connectivity index (χ0n) is 15.0. The molecule has 0 amide bonds. The van der Waals surface area contributed by atoms with E-state index in [0.717, 1.165) is 63.6 Å². The zero-order valence-corrected chi connectivity index (χ0v) is 15.8. The molecule has 146 valence electrons. The molecule has 0 bridgehead atoms. The van der Waals surface area contributed by atoms with Gasteiger partial charge in [0.1, 0.15) is 0 Å². The third-order valence-corrected chi connectivity index (χ3v) is 7.18. The van der Waals surface area contributed by atoms with E-state index in [-0.39, 0.29) is 10.9 Å². The van der Waals surface area contributed by atoms with Crippen molar-refractivity contribution in [1.82, 2.24) is 14.5 Å². The van der Waals surface area contributed by atoms with Gasteiger partial charge in [0.25, 0.3) is 0 Å². The van der Waals surface area contributed by atoms with Gasteiger partial charge in [-0.25, -0.2) is 17.2 Å². The molecule has 26 heavy (non-hydrogen) atoms. The Hall–Kier alpha value is -1.09. The third-order valence-electron chi connectivity index (χ3n) is 5.23. The van der Waals surface area contributed by atoms with Gasteiger partial charge in [0, 0.05) is 19.1 Å². The summed E-state index contributed by atoms with van der Waals surface area (Å²) in [6, 6.07) is 2.66. The van der Waals surface area contributed by atoms with E-state index >= 15 is 0 Å². The van der Waals surface area contributed by atoms with Crippen molar-refractivity contribution >= 4 is 10.0 Å². The van der Waals surface area contributed by atoms with Crippen LogP contribution in [-0.2, 0) is 10.0 Å². The van der Waals surface area contributed by atoms with E-state index in [1.165, 1.54) is 17.1 Å². The highest BCUT2D eigenvalue weighted by Crippen LogP contribution is 2.23. The van der Waals surface area contributed by atoms with Gasteiger partial charge in [-0.05, 0) is 76.5 Å². The Morgan fingerprint density at radius 2 is 1.92 bits per heavy atom. The van der Waals surface area contributed by atoms with Gasteiger partial charge in [-0.2, -0.15) is 4.31 Å². The fourth-order valence-corrected chi connectivity index (χ4v) is 5.51. The Labute approximate surface area is 154 Å². The Kier molecular flexibility index (Phi) is 6.60. The number of benzene rings is 1. The topological polar surface area (TPSA) is 52.7 Å². The standard InChI is InChI=1S/C18H27F2N3O2S/c19-17-7-6-16(13-18(17)20)26(24,25)23(15-5-3-8-21-14-15)12-4-11-22-9-1-2-10-22/h6-7,13,15,21H,1-5,8-12,14H2. The van der Waals surface area contributed by atoms with E-state index in [4.69, 9.17) is 0 Å². The first-order chi connectivity index (χ1) is 12.5. The van der Waals surface area contributed by atoms with Crippen LogP contribution >= 0.6 is 0 Å². The zero-order chi connectivity index (χ0) is 18.6. The Morgan fingerprint density at radius 1 is 1.15 bits per heavy atom. The molecule has 1 aromatic rings. The average molecular weight is 387 g/mol. The first-order valence-electron chi connectivity index (χ1n) is 9.38. The minimum Gasteiger partial charge on any atom is -0.315 e. The number of rotatable bonds is 7. The molecule has 0 aromatic heterocycles. The van der Waals surface area contributed by atoms with Crippen molar-refractivity contribution in [3.63, 3.8) is 0 Å². The van der Waals surface area contributed by atoms with Gasteiger partial charge in [-0.1, -0.05) is 0 Å². The second-order valence-electron chi connectivity index (χ2n) is 7.09. The summed E-state index contributed by atoms with van der Waals surface area (Å²) in [7, 11) is -3.87. The van der Waals surface area contributed by atoms with Gasteiger partial charge in [0.2, 0.25) is 10.0 Å². The van der Waals surface area contributed by atoms with Gasteiger partial charge < -0.3 is 10.2 Å². The smallest absolute Gasteiger partial charge is 0.243 e. The average Bonchev–Trinajstić information content (AvgIpc) is 3.15. The fourth-order valence-electron chi connectivity index (χ4n) is 3.81. The second-order valence-corrected chi connectivity index (χ2v) is 8.98. The number of sulfonamides is 1. The number of halogens is 2.